The van der Waals surface area contributed by atoms with E-state index in [4.69, 9.17) is 9.84 Å². The van der Waals surface area contributed by atoms with Crippen LogP contribution in [0.4, 0.5) is 0 Å². The first-order valence-corrected chi connectivity index (χ1v) is 6.66. The molecule has 0 fully saturated rings. The Bertz CT molecular complexity index is 787. The van der Waals surface area contributed by atoms with Crippen LogP contribution in [0.1, 0.15) is 21.6 Å². The molecule has 21 heavy (non-hydrogen) atoms. The summed E-state index contributed by atoms with van der Waals surface area (Å²) < 4.78 is 5.71. The smallest absolute Gasteiger partial charge is 0.335 e. The van der Waals surface area contributed by atoms with Crippen molar-refractivity contribution in [3.05, 3.63) is 65.4 Å². The number of H-pyrrole nitrogens is 1. The van der Waals surface area contributed by atoms with Gasteiger partial charge in [-0.1, -0.05) is 17.7 Å². The minimum absolute atomic E-state index is 0.285. The topological polar surface area (TPSA) is 62.3 Å². The summed E-state index contributed by atoms with van der Waals surface area (Å²) in [5.41, 5.74) is 3.29. The van der Waals surface area contributed by atoms with Gasteiger partial charge < -0.3 is 14.8 Å². The molecule has 106 valence electrons. The summed E-state index contributed by atoms with van der Waals surface area (Å²) in [5, 5.41) is 9.86. The highest BCUT2D eigenvalue weighted by molar-refractivity contribution is 5.93. The molecule has 4 nitrogen and oxygen atoms in total. The SMILES string of the molecule is Cc1ccc(OCc2cc3cc(C(=O)O)ccc3[nH]2)cc1. The second-order valence-electron chi connectivity index (χ2n) is 5.00. The maximum absolute atomic E-state index is 11.0. The third kappa shape index (κ3) is 2.89. The molecule has 0 radical (unpaired) electrons. The molecule has 3 rings (SSSR count). The van der Waals surface area contributed by atoms with E-state index in [0.717, 1.165) is 22.3 Å². The minimum atomic E-state index is -0.921. The number of aromatic carboxylic acids is 1. The molecule has 1 heterocycles. The van der Waals surface area contributed by atoms with Crippen LogP contribution in [0.25, 0.3) is 10.9 Å². The first kappa shape index (κ1) is 13.2. The largest absolute Gasteiger partial charge is 0.487 e. The van der Waals surface area contributed by atoms with Crippen molar-refractivity contribution in [3.8, 4) is 5.75 Å². The maximum atomic E-state index is 11.0. The lowest BCUT2D eigenvalue weighted by Crippen LogP contribution is -1.95. The Morgan fingerprint density at radius 3 is 2.62 bits per heavy atom. The zero-order valence-electron chi connectivity index (χ0n) is 11.6. The first-order valence-electron chi connectivity index (χ1n) is 6.66. The van der Waals surface area contributed by atoms with Crippen molar-refractivity contribution < 1.29 is 14.6 Å². The van der Waals surface area contributed by atoms with Crippen molar-refractivity contribution in [2.75, 3.05) is 0 Å². The zero-order chi connectivity index (χ0) is 14.8. The van der Waals surface area contributed by atoms with Gasteiger partial charge in [-0.3, -0.25) is 0 Å². The quantitative estimate of drug-likeness (QED) is 0.765. The predicted molar refractivity (Wildman–Crippen MR) is 80.8 cm³/mol. The Morgan fingerprint density at radius 1 is 1.14 bits per heavy atom. The number of ether oxygens (including phenoxy) is 1. The molecule has 0 saturated heterocycles. The number of rotatable bonds is 4. The number of hydrogen-bond donors (Lipinski definition) is 2. The Balaban J connectivity index is 1.78. The van der Waals surface area contributed by atoms with Crippen molar-refractivity contribution in [1.29, 1.82) is 0 Å². The van der Waals surface area contributed by atoms with E-state index >= 15 is 0 Å². The molecule has 0 spiro atoms. The Labute approximate surface area is 122 Å². The highest BCUT2D eigenvalue weighted by Gasteiger charge is 2.06. The summed E-state index contributed by atoms with van der Waals surface area (Å²) in [5.74, 6) is -0.110. The molecule has 0 bridgehead atoms. The number of carboxylic acids is 1. The van der Waals surface area contributed by atoms with E-state index in [1.165, 1.54) is 5.56 Å². The van der Waals surface area contributed by atoms with E-state index < -0.39 is 5.97 Å². The van der Waals surface area contributed by atoms with Gasteiger partial charge in [-0.25, -0.2) is 4.79 Å². The van der Waals surface area contributed by atoms with Crippen LogP contribution in [-0.4, -0.2) is 16.1 Å². The summed E-state index contributed by atoms with van der Waals surface area (Å²) in [7, 11) is 0. The van der Waals surface area contributed by atoms with Gasteiger partial charge in [-0.05, 0) is 43.3 Å². The molecule has 0 aliphatic heterocycles. The highest BCUT2D eigenvalue weighted by atomic mass is 16.5. The van der Waals surface area contributed by atoms with E-state index in [1.807, 2.05) is 37.3 Å². The van der Waals surface area contributed by atoms with E-state index in [-0.39, 0.29) is 5.56 Å². The third-order valence-electron chi connectivity index (χ3n) is 3.34. The highest BCUT2D eigenvalue weighted by Crippen LogP contribution is 2.19. The maximum Gasteiger partial charge on any atom is 0.335 e. The fraction of sp³-hybridized carbons (Fsp3) is 0.118. The lowest BCUT2D eigenvalue weighted by atomic mass is 10.1. The minimum Gasteiger partial charge on any atom is -0.487 e. The van der Waals surface area contributed by atoms with Crippen molar-refractivity contribution in [2.24, 2.45) is 0 Å². The van der Waals surface area contributed by atoms with Gasteiger partial charge in [-0.2, -0.15) is 0 Å². The van der Waals surface area contributed by atoms with Crippen LogP contribution in [0.5, 0.6) is 5.75 Å². The lowest BCUT2D eigenvalue weighted by Gasteiger charge is -2.04. The van der Waals surface area contributed by atoms with E-state index in [9.17, 15) is 4.79 Å². The van der Waals surface area contributed by atoms with Crippen LogP contribution < -0.4 is 4.74 Å². The Morgan fingerprint density at radius 2 is 1.90 bits per heavy atom. The van der Waals surface area contributed by atoms with Crippen LogP contribution in [0.3, 0.4) is 0 Å². The molecular formula is C17H15NO3. The molecule has 2 N–H and O–H groups in total. The van der Waals surface area contributed by atoms with E-state index in [0.29, 0.717) is 6.61 Å². The molecule has 0 saturated carbocycles. The molecule has 0 amide bonds. The number of fused-ring (bicyclic) bond motifs is 1. The molecule has 0 atom stereocenters. The first-order chi connectivity index (χ1) is 10.1. The summed E-state index contributed by atoms with van der Waals surface area (Å²) in [6.07, 6.45) is 0. The van der Waals surface area contributed by atoms with Crippen molar-refractivity contribution >= 4 is 16.9 Å². The zero-order valence-corrected chi connectivity index (χ0v) is 11.6. The van der Waals surface area contributed by atoms with Gasteiger partial charge in [0.2, 0.25) is 0 Å². The molecule has 4 heteroatoms. The van der Waals surface area contributed by atoms with Gasteiger partial charge in [0.05, 0.1) is 11.3 Å². The summed E-state index contributed by atoms with van der Waals surface area (Å²) >= 11 is 0. The number of aromatic amines is 1. The summed E-state index contributed by atoms with van der Waals surface area (Å²) in [6.45, 7) is 2.45. The van der Waals surface area contributed by atoms with Gasteiger partial charge in [0.25, 0.3) is 0 Å². The summed E-state index contributed by atoms with van der Waals surface area (Å²) in [6, 6.07) is 14.8. The second kappa shape index (κ2) is 5.32. The normalized spacial score (nSPS) is 10.7. The van der Waals surface area contributed by atoms with Gasteiger partial charge in [0, 0.05) is 10.9 Å². The van der Waals surface area contributed by atoms with Crippen LogP contribution >= 0.6 is 0 Å². The molecule has 0 aliphatic rings. The standard InChI is InChI=1S/C17H15NO3/c1-11-2-5-15(6-3-11)21-10-14-9-13-8-12(17(19)20)4-7-16(13)18-14/h2-9,18H,10H2,1H3,(H,19,20). The van der Waals surface area contributed by atoms with Crippen LogP contribution in [0, 0.1) is 6.92 Å². The summed E-state index contributed by atoms with van der Waals surface area (Å²) in [4.78, 5) is 14.2. The Hall–Kier alpha value is -2.75. The van der Waals surface area contributed by atoms with Gasteiger partial charge in [0.15, 0.2) is 0 Å². The number of carbonyl (C=O) groups is 1. The monoisotopic (exact) mass is 281 g/mol. The lowest BCUT2D eigenvalue weighted by molar-refractivity contribution is 0.0697. The van der Waals surface area contributed by atoms with Gasteiger partial charge >= 0.3 is 5.97 Å². The predicted octanol–water partition coefficient (Wildman–Crippen LogP) is 3.75. The van der Waals surface area contributed by atoms with E-state index in [1.54, 1.807) is 18.2 Å². The number of hydrogen-bond acceptors (Lipinski definition) is 2. The second-order valence-corrected chi connectivity index (χ2v) is 5.00. The van der Waals surface area contributed by atoms with Crippen molar-refractivity contribution in [2.45, 2.75) is 13.5 Å². The number of aromatic nitrogens is 1. The third-order valence-corrected chi connectivity index (χ3v) is 3.34. The number of carboxylic acid groups (broad SMARTS) is 1. The Kier molecular flexibility index (Phi) is 3.36. The van der Waals surface area contributed by atoms with Crippen LogP contribution in [0.2, 0.25) is 0 Å². The van der Waals surface area contributed by atoms with Crippen molar-refractivity contribution in [1.82, 2.24) is 4.98 Å². The van der Waals surface area contributed by atoms with Crippen molar-refractivity contribution in [3.63, 3.8) is 0 Å². The molecule has 0 aliphatic carbocycles. The molecule has 1 aromatic heterocycles. The van der Waals surface area contributed by atoms with Crippen LogP contribution in [-0.2, 0) is 6.61 Å². The number of aryl methyl sites for hydroxylation is 1. The molecule has 3 aromatic rings. The van der Waals surface area contributed by atoms with Crippen LogP contribution in [0.15, 0.2) is 48.5 Å². The average molecular weight is 281 g/mol. The van der Waals surface area contributed by atoms with Gasteiger partial charge in [0.1, 0.15) is 12.4 Å². The fourth-order valence-electron chi connectivity index (χ4n) is 2.20. The molecule has 0 unspecified atom stereocenters. The molecular weight excluding hydrogens is 266 g/mol. The van der Waals surface area contributed by atoms with Gasteiger partial charge in [-0.15, -0.1) is 0 Å². The molecule has 2 aromatic carbocycles. The van der Waals surface area contributed by atoms with E-state index in [2.05, 4.69) is 4.98 Å². The number of benzene rings is 2. The number of nitrogens with one attached hydrogen (secondary N) is 1. The average Bonchev–Trinajstić information content (AvgIpc) is 2.88. The fourth-order valence-corrected chi connectivity index (χ4v) is 2.20.